The van der Waals surface area contributed by atoms with E-state index < -0.39 is 0 Å². The van der Waals surface area contributed by atoms with Gasteiger partial charge in [0.05, 0.1) is 16.7 Å². The molecule has 0 saturated carbocycles. The van der Waals surface area contributed by atoms with E-state index in [1.54, 1.807) is 0 Å². The maximum atomic E-state index is 2.48. The number of para-hydroxylation sites is 2. The van der Waals surface area contributed by atoms with E-state index in [-0.39, 0.29) is 5.41 Å². The number of aromatic nitrogens is 1. The SMILES string of the molecule is CC1(C)c2ccccc2-n2c3ccc(-c4ccc(-c5cccc6ccccc56)cc4)cc3c3cccc1c32. The largest absolute Gasteiger partial charge is 0.309 e. The van der Waals surface area contributed by atoms with E-state index in [0.717, 1.165) is 0 Å². The Morgan fingerprint density at radius 2 is 1.16 bits per heavy atom. The van der Waals surface area contributed by atoms with E-state index in [9.17, 15) is 0 Å². The predicted molar refractivity (Wildman–Crippen MR) is 161 cm³/mol. The summed E-state index contributed by atoms with van der Waals surface area (Å²) in [6.07, 6.45) is 0. The third kappa shape index (κ3) is 2.87. The molecule has 1 aromatic heterocycles. The van der Waals surface area contributed by atoms with Crippen LogP contribution in [0.4, 0.5) is 0 Å². The number of nitrogens with zero attached hydrogens (tertiary/aromatic N) is 1. The van der Waals surface area contributed by atoms with E-state index in [1.807, 2.05) is 0 Å². The number of fused-ring (bicyclic) bond motifs is 6. The zero-order valence-electron chi connectivity index (χ0n) is 21.6. The van der Waals surface area contributed by atoms with Crippen LogP contribution in [-0.2, 0) is 5.41 Å². The molecule has 8 rings (SSSR count). The molecule has 1 nitrogen and oxygen atoms in total. The Hall–Kier alpha value is -4.62. The van der Waals surface area contributed by atoms with Crippen LogP contribution in [0.2, 0.25) is 0 Å². The van der Waals surface area contributed by atoms with Crippen molar-refractivity contribution >= 4 is 32.6 Å². The number of rotatable bonds is 2. The van der Waals surface area contributed by atoms with Crippen molar-refractivity contribution in [1.29, 1.82) is 0 Å². The van der Waals surface area contributed by atoms with E-state index in [1.165, 1.54) is 71.6 Å². The van der Waals surface area contributed by atoms with Crippen LogP contribution in [0.5, 0.6) is 0 Å². The Morgan fingerprint density at radius 3 is 2.05 bits per heavy atom. The highest BCUT2D eigenvalue weighted by molar-refractivity contribution is 6.12. The van der Waals surface area contributed by atoms with Crippen molar-refractivity contribution in [1.82, 2.24) is 4.57 Å². The Balaban J connectivity index is 1.30. The summed E-state index contributed by atoms with van der Waals surface area (Å²) in [7, 11) is 0. The van der Waals surface area contributed by atoms with Gasteiger partial charge in [0.2, 0.25) is 0 Å². The van der Waals surface area contributed by atoms with Gasteiger partial charge in [-0.05, 0) is 62.4 Å². The first-order valence-corrected chi connectivity index (χ1v) is 13.4. The van der Waals surface area contributed by atoms with Gasteiger partial charge in [-0.15, -0.1) is 0 Å². The average Bonchev–Trinajstić information content (AvgIpc) is 3.30. The summed E-state index contributed by atoms with van der Waals surface area (Å²) >= 11 is 0. The van der Waals surface area contributed by atoms with Gasteiger partial charge in [-0.2, -0.15) is 0 Å². The van der Waals surface area contributed by atoms with Crippen LogP contribution in [0, 0.1) is 0 Å². The topological polar surface area (TPSA) is 4.93 Å². The highest BCUT2D eigenvalue weighted by atomic mass is 15.0. The molecule has 0 fully saturated rings. The number of hydrogen-bond donors (Lipinski definition) is 0. The molecular formula is C37H27N. The van der Waals surface area contributed by atoms with Crippen LogP contribution in [0.15, 0.2) is 127 Å². The molecule has 0 aliphatic carbocycles. The third-order valence-electron chi connectivity index (χ3n) is 8.60. The molecule has 2 heterocycles. The van der Waals surface area contributed by atoms with E-state index in [0.29, 0.717) is 0 Å². The standard InChI is InChI=1S/C37H27N/c1-37(2)32-14-5-6-16-35(32)38-34-22-21-27(23-31(34)30-13-8-15-33(37)36(30)38)24-17-19-26(20-18-24)29-12-7-10-25-9-3-4-11-28(25)29/h3-23H,1-2H3. The summed E-state index contributed by atoms with van der Waals surface area (Å²) in [5.41, 5.74) is 11.7. The first kappa shape index (κ1) is 21.5. The molecule has 7 aromatic rings. The second kappa shape index (κ2) is 7.69. The summed E-state index contributed by atoms with van der Waals surface area (Å²) in [5, 5.41) is 5.21. The van der Waals surface area contributed by atoms with Crippen molar-refractivity contribution in [2.45, 2.75) is 19.3 Å². The molecule has 0 bridgehead atoms. The minimum Gasteiger partial charge on any atom is -0.309 e. The van der Waals surface area contributed by atoms with Gasteiger partial charge < -0.3 is 4.57 Å². The molecule has 0 saturated heterocycles. The normalized spacial score (nSPS) is 13.7. The molecule has 1 aliphatic heterocycles. The maximum Gasteiger partial charge on any atom is 0.0582 e. The predicted octanol–water partition coefficient (Wildman–Crippen LogP) is 9.91. The Labute approximate surface area is 222 Å². The van der Waals surface area contributed by atoms with Crippen LogP contribution in [-0.4, -0.2) is 4.57 Å². The van der Waals surface area contributed by atoms with Gasteiger partial charge in [-0.3, -0.25) is 0 Å². The fourth-order valence-electron chi connectivity index (χ4n) is 6.66. The zero-order chi connectivity index (χ0) is 25.4. The van der Waals surface area contributed by atoms with Crippen LogP contribution in [0.1, 0.15) is 25.0 Å². The highest BCUT2D eigenvalue weighted by Gasteiger charge is 2.34. The van der Waals surface area contributed by atoms with Crippen LogP contribution >= 0.6 is 0 Å². The van der Waals surface area contributed by atoms with Crippen LogP contribution in [0.25, 0.3) is 60.5 Å². The van der Waals surface area contributed by atoms with Crippen LogP contribution < -0.4 is 0 Å². The molecule has 0 atom stereocenters. The van der Waals surface area contributed by atoms with E-state index in [4.69, 9.17) is 0 Å². The molecule has 0 N–H and O–H groups in total. The second-order valence-corrected chi connectivity index (χ2v) is 11.0. The summed E-state index contributed by atoms with van der Waals surface area (Å²) in [6.45, 7) is 4.70. The lowest BCUT2D eigenvalue weighted by molar-refractivity contribution is 0.630. The molecule has 0 unspecified atom stereocenters. The molecule has 1 aliphatic rings. The minimum absolute atomic E-state index is 0.0409. The molecule has 180 valence electrons. The minimum atomic E-state index is -0.0409. The lowest BCUT2D eigenvalue weighted by Gasteiger charge is -2.34. The summed E-state index contributed by atoms with van der Waals surface area (Å²) in [6, 6.07) is 46.9. The smallest absolute Gasteiger partial charge is 0.0582 e. The van der Waals surface area contributed by atoms with Gasteiger partial charge in [-0.1, -0.05) is 123 Å². The summed E-state index contributed by atoms with van der Waals surface area (Å²) in [5.74, 6) is 0. The quantitative estimate of drug-likeness (QED) is 0.230. The Bertz CT molecular complexity index is 2030. The monoisotopic (exact) mass is 485 g/mol. The Morgan fingerprint density at radius 1 is 0.500 bits per heavy atom. The lowest BCUT2D eigenvalue weighted by atomic mass is 9.75. The molecule has 0 spiro atoms. The number of benzene rings is 6. The summed E-state index contributed by atoms with van der Waals surface area (Å²) < 4.78 is 2.48. The van der Waals surface area contributed by atoms with Gasteiger partial charge >= 0.3 is 0 Å². The van der Waals surface area contributed by atoms with Gasteiger partial charge in [-0.25, -0.2) is 0 Å². The van der Waals surface area contributed by atoms with E-state index in [2.05, 4.69) is 146 Å². The first-order chi connectivity index (χ1) is 18.6. The first-order valence-electron chi connectivity index (χ1n) is 13.4. The van der Waals surface area contributed by atoms with Crippen LogP contribution in [0.3, 0.4) is 0 Å². The van der Waals surface area contributed by atoms with Gasteiger partial charge in [0.1, 0.15) is 0 Å². The molecule has 38 heavy (non-hydrogen) atoms. The zero-order valence-corrected chi connectivity index (χ0v) is 21.6. The summed E-state index contributed by atoms with van der Waals surface area (Å²) in [4.78, 5) is 0. The fourth-order valence-corrected chi connectivity index (χ4v) is 6.66. The molecular weight excluding hydrogens is 458 g/mol. The third-order valence-corrected chi connectivity index (χ3v) is 8.60. The molecule has 0 amide bonds. The average molecular weight is 486 g/mol. The molecule has 0 radical (unpaired) electrons. The van der Waals surface area contributed by atoms with Crippen molar-refractivity contribution in [3.8, 4) is 27.9 Å². The second-order valence-electron chi connectivity index (χ2n) is 11.0. The highest BCUT2D eigenvalue weighted by Crippen LogP contribution is 2.47. The maximum absolute atomic E-state index is 2.48. The van der Waals surface area contributed by atoms with Gasteiger partial charge in [0.25, 0.3) is 0 Å². The molecule has 1 heteroatoms. The van der Waals surface area contributed by atoms with Gasteiger partial charge in [0.15, 0.2) is 0 Å². The Kier molecular flexibility index (Phi) is 4.35. The molecule has 6 aromatic carbocycles. The van der Waals surface area contributed by atoms with Crippen molar-refractivity contribution in [2.24, 2.45) is 0 Å². The fraction of sp³-hybridized carbons (Fsp3) is 0.0811. The van der Waals surface area contributed by atoms with Crippen molar-refractivity contribution in [3.05, 3.63) is 139 Å². The lowest BCUT2D eigenvalue weighted by Crippen LogP contribution is -2.26. The van der Waals surface area contributed by atoms with Crippen molar-refractivity contribution < 1.29 is 0 Å². The van der Waals surface area contributed by atoms with Gasteiger partial charge in [0, 0.05) is 16.2 Å². The van der Waals surface area contributed by atoms with E-state index >= 15 is 0 Å². The number of hydrogen-bond acceptors (Lipinski definition) is 0. The van der Waals surface area contributed by atoms with Crippen molar-refractivity contribution in [2.75, 3.05) is 0 Å². The van der Waals surface area contributed by atoms with Crippen molar-refractivity contribution in [3.63, 3.8) is 0 Å².